The Bertz CT molecular complexity index is 1210. The second kappa shape index (κ2) is 10.5. The smallest absolute Gasteiger partial charge is 0.262 e. The highest BCUT2D eigenvalue weighted by molar-refractivity contribution is 7.89. The van der Waals surface area contributed by atoms with Crippen LogP contribution in [0.5, 0.6) is 5.75 Å². The Morgan fingerprint density at radius 1 is 1.06 bits per heavy atom. The van der Waals surface area contributed by atoms with E-state index in [-0.39, 0.29) is 21.5 Å². The zero-order chi connectivity index (χ0) is 23.3. The van der Waals surface area contributed by atoms with Crippen LogP contribution in [-0.4, -0.2) is 38.3 Å². The highest BCUT2D eigenvalue weighted by Crippen LogP contribution is 2.29. The number of hydrogen-bond donors (Lipinski definition) is 1. The van der Waals surface area contributed by atoms with Crippen molar-refractivity contribution in [1.29, 1.82) is 0 Å². The van der Waals surface area contributed by atoms with Crippen LogP contribution < -0.4 is 10.1 Å². The molecule has 9 heteroatoms. The Morgan fingerprint density at radius 3 is 2.61 bits per heavy atom. The van der Waals surface area contributed by atoms with Crippen LogP contribution in [0.2, 0.25) is 0 Å². The molecule has 0 spiro atoms. The Balaban J connectivity index is 1.29. The van der Waals surface area contributed by atoms with Crippen LogP contribution in [0.4, 0.5) is 4.39 Å². The molecule has 0 aliphatic carbocycles. The second-order valence-corrected chi connectivity index (χ2v) is 10.6. The first-order valence-corrected chi connectivity index (χ1v) is 13.1. The lowest BCUT2D eigenvalue weighted by molar-refractivity contribution is 0.0953. The fraction of sp³-hybridized carbons (Fsp3) is 0.292. The van der Waals surface area contributed by atoms with Crippen molar-refractivity contribution in [2.75, 3.05) is 19.7 Å². The monoisotopic (exact) mass is 488 g/mol. The maximum Gasteiger partial charge on any atom is 0.262 e. The van der Waals surface area contributed by atoms with Crippen molar-refractivity contribution in [3.63, 3.8) is 0 Å². The molecule has 0 saturated heterocycles. The molecule has 1 amide bonds. The number of amides is 1. The van der Waals surface area contributed by atoms with Gasteiger partial charge in [0.15, 0.2) is 0 Å². The summed E-state index contributed by atoms with van der Waals surface area (Å²) in [4.78, 5) is 13.0. The van der Waals surface area contributed by atoms with Crippen molar-refractivity contribution in [3.05, 3.63) is 81.8 Å². The molecule has 0 bridgehead atoms. The molecule has 1 aromatic heterocycles. The topological polar surface area (TPSA) is 75.7 Å². The lowest BCUT2D eigenvalue weighted by atomic mass is 10.0. The van der Waals surface area contributed by atoms with Crippen LogP contribution in [0.15, 0.2) is 64.9 Å². The van der Waals surface area contributed by atoms with Gasteiger partial charge in [-0.25, -0.2) is 12.8 Å². The van der Waals surface area contributed by atoms with Crippen LogP contribution in [-0.2, 0) is 23.0 Å². The highest BCUT2D eigenvalue weighted by atomic mass is 32.2. The quantitative estimate of drug-likeness (QED) is 0.458. The first kappa shape index (κ1) is 23.4. The number of nitrogens with one attached hydrogen (secondary N) is 1. The van der Waals surface area contributed by atoms with Gasteiger partial charge >= 0.3 is 0 Å². The Hall–Kier alpha value is -2.75. The molecule has 0 unspecified atom stereocenters. The minimum absolute atomic E-state index is 0.0593. The van der Waals surface area contributed by atoms with Gasteiger partial charge < -0.3 is 10.1 Å². The fourth-order valence-electron chi connectivity index (χ4n) is 3.71. The van der Waals surface area contributed by atoms with Gasteiger partial charge in [0.2, 0.25) is 10.0 Å². The van der Waals surface area contributed by atoms with Crippen molar-refractivity contribution < 1.29 is 22.3 Å². The van der Waals surface area contributed by atoms with Gasteiger partial charge in [-0.15, -0.1) is 11.3 Å². The summed E-state index contributed by atoms with van der Waals surface area (Å²) in [7, 11) is -3.77. The van der Waals surface area contributed by atoms with Gasteiger partial charge in [-0.2, -0.15) is 4.31 Å². The van der Waals surface area contributed by atoms with Crippen LogP contribution in [0.25, 0.3) is 0 Å². The predicted octanol–water partition coefficient (Wildman–Crippen LogP) is 4.22. The largest absolute Gasteiger partial charge is 0.494 e. The Labute approximate surface area is 197 Å². The van der Waals surface area contributed by atoms with Gasteiger partial charge in [0.1, 0.15) is 21.3 Å². The van der Waals surface area contributed by atoms with Gasteiger partial charge in [-0.1, -0.05) is 24.3 Å². The summed E-state index contributed by atoms with van der Waals surface area (Å²) in [5.74, 6) is -0.111. The molecule has 1 aliphatic rings. The van der Waals surface area contributed by atoms with E-state index in [2.05, 4.69) is 5.32 Å². The fourth-order valence-corrected chi connectivity index (χ4v) is 6.45. The minimum atomic E-state index is -3.77. The zero-order valence-electron chi connectivity index (χ0n) is 18.0. The maximum absolute atomic E-state index is 13.3. The first-order chi connectivity index (χ1) is 15.9. The summed E-state index contributed by atoms with van der Waals surface area (Å²) < 4.78 is 46.4. The zero-order valence-corrected chi connectivity index (χ0v) is 19.6. The molecule has 6 nitrogen and oxygen atoms in total. The third kappa shape index (κ3) is 5.61. The molecule has 2 heterocycles. The number of sulfonamides is 1. The van der Waals surface area contributed by atoms with E-state index in [0.717, 1.165) is 22.5 Å². The van der Waals surface area contributed by atoms with E-state index >= 15 is 0 Å². The summed E-state index contributed by atoms with van der Waals surface area (Å²) in [5, 5.41) is 4.44. The Morgan fingerprint density at radius 2 is 1.82 bits per heavy atom. The standard InChI is InChI=1S/C24H25FN2O4S2/c25-20-7-9-21(10-8-20)31-15-4-3-13-26-24(28)23-22(12-16-32-23)33(29,30)27-14-11-18-5-1-2-6-19(18)17-27/h1-2,5-10,12,16H,3-4,11,13-15,17H2,(H,26,28). The number of nitrogens with zero attached hydrogens (tertiary/aromatic N) is 1. The van der Waals surface area contributed by atoms with E-state index in [1.807, 2.05) is 24.3 Å². The lowest BCUT2D eigenvalue weighted by Gasteiger charge is -2.28. The van der Waals surface area contributed by atoms with Crippen LogP contribution >= 0.6 is 11.3 Å². The van der Waals surface area contributed by atoms with E-state index < -0.39 is 10.0 Å². The van der Waals surface area contributed by atoms with E-state index in [1.54, 1.807) is 17.5 Å². The van der Waals surface area contributed by atoms with Crippen LogP contribution in [0.1, 0.15) is 33.6 Å². The first-order valence-electron chi connectivity index (χ1n) is 10.8. The average Bonchev–Trinajstić information content (AvgIpc) is 3.33. The van der Waals surface area contributed by atoms with E-state index in [9.17, 15) is 17.6 Å². The van der Waals surface area contributed by atoms with Gasteiger partial charge in [0.05, 0.1) is 6.61 Å². The average molecular weight is 489 g/mol. The third-order valence-electron chi connectivity index (χ3n) is 5.49. The van der Waals surface area contributed by atoms with Crippen molar-refractivity contribution >= 4 is 27.3 Å². The molecular weight excluding hydrogens is 463 g/mol. The number of thiophene rings is 1. The van der Waals surface area contributed by atoms with E-state index in [1.165, 1.54) is 22.5 Å². The number of ether oxygens (including phenoxy) is 1. The lowest BCUT2D eigenvalue weighted by Crippen LogP contribution is -2.36. The summed E-state index contributed by atoms with van der Waals surface area (Å²) in [6.45, 7) is 1.55. The molecule has 0 atom stereocenters. The molecule has 1 N–H and O–H groups in total. The molecule has 0 fully saturated rings. The second-order valence-electron chi connectivity index (χ2n) is 7.74. The van der Waals surface area contributed by atoms with E-state index in [4.69, 9.17) is 4.74 Å². The van der Waals surface area contributed by atoms with E-state index in [0.29, 0.717) is 51.3 Å². The van der Waals surface area contributed by atoms with Crippen molar-refractivity contribution in [2.24, 2.45) is 0 Å². The third-order valence-corrected chi connectivity index (χ3v) is 8.42. The molecule has 1 aliphatic heterocycles. The summed E-state index contributed by atoms with van der Waals surface area (Å²) in [6, 6.07) is 15.1. The summed E-state index contributed by atoms with van der Waals surface area (Å²) in [6.07, 6.45) is 2.02. The molecule has 4 rings (SSSR count). The molecule has 0 saturated carbocycles. The maximum atomic E-state index is 13.3. The van der Waals surface area contributed by atoms with Crippen molar-refractivity contribution in [3.8, 4) is 5.75 Å². The molecule has 33 heavy (non-hydrogen) atoms. The highest BCUT2D eigenvalue weighted by Gasteiger charge is 2.32. The number of carbonyl (C=O) groups excluding carboxylic acids is 1. The number of rotatable bonds is 9. The molecule has 0 radical (unpaired) electrons. The molecule has 2 aromatic carbocycles. The number of hydrogen-bond acceptors (Lipinski definition) is 5. The molecule has 174 valence electrons. The molecule has 3 aromatic rings. The minimum Gasteiger partial charge on any atom is -0.494 e. The number of carbonyl (C=O) groups is 1. The number of unbranched alkanes of at least 4 members (excludes halogenated alkanes) is 1. The number of benzene rings is 2. The Kier molecular flexibility index (Phi) is 7.42. The van der Waals surface area contributed by atoms with Crippen LogP contribution in [0, 0.1) is 5.82 Å². The number of fused-ring (bicyclic) bond motifs is 1. The van der Waals surface area contributed by atoms with Gasteiger partial charge in [0.25, 0.3) is 5.91 Å². The number of halogens is 1. The van der Waals surface area contributed by atoms with Crippen molar-refractivity contribution in [2.45, 2.75) is 30.7 Å². The summed E-state index contributed by atoms with van der Waals surface area (Å²) in [5.41, 5.74) is 2.16. The van der Waals surface area contributed by atoms with Crippen LogP contribution in [0.3, 0.4) is 0 Å². The molecular formula is C24H25FN2O4S2. The van der Waals surface area contributed by atoms with Gasteiger partial charge in [0, 0.05) is 19.6 Å². The van der Waals surface area contributed by atoms with Gasteiger partial charge in [-0.3, -0.25) is 4.79 Å². The normalized spacial score (nSPS) is 14.0. The summed E-state index contributed by atoms with van der Waals surface area (Å²) >= 11 is 1.13. The predicted molar refractivity (Wildman–Crippen MR) is 126 cm³/mol. The van der Waals surface area contributed by atoms with Crippen molar-refractivity contribution in [1.82, 2.24) is 9.62 Å². The SMILES string of the molecule is O=C(NCCCCOc1ccc(F)cc1)c1sccc1S(=O)(=O)N1CCc2ccccc2C1. The van der Waals surface area contributed by atoms with Gasteiger partial charge in [-0.05, 0) is 66.1 Å².